The van der Waals surface area contributed by atoms with Gasteiger partial charge in [-0.3, -0.25) is 0 Å². The number of ether oxygens (including phenoxy) is 2. The van der Waals surface area contributed by atoms with E-state index in [1.54, 1.807) is 0 Å². The average Bonchev–Trinajstić information content (AvgIpc) is 2.46. The van der Waals surface area contributed by atoms with Gasteiger partial charge < -0.3 is 9.47 Å². The van der Waals surface area contributed by atoms with Crippen molar-refractivity contribution in [1.29, 1.82) is 0 Å². The van der Waals surface area contributed by atoms with Crippen LogP contribution in [0, 0.1) is 0 Å². The zero-order valence-corrected chi connectivity index (χ0v) is 11.4. The van der Waals surface area contributed by atoms with Crippen molar-refractivity contribution in [3.8, 4) is 11.5 Å². The van der Waals surface area contributed by atoms with E-state index in [2.05, 4.69) is 0 Å². The highest BCUT2D eigenvalue weighted by atomic mass is 19.4. The van der Waals surface area contributed by atoms with Crippen molar-refractivity contribution in [1.82, 2.24) is 0 Å². The molecule has 0 saturated carbocycles. The minimum absolute atomic E-state index is 0.105. The summed E-state index contributed by atoms with van der Waals surface area (Å²) in [5, 5.41) is 0. The molecule has 0 fully saturated rings. The van der Waals surface area contributed by atoms with E-state index in [-0.39, 0.29) is 11.5 Å². The van der Waals surface area contributed by atoms with E-state index in [4.69, 9.17) is 9.47 Å². The smallest absolute Gasteiger partial charge is 0.416 e. The van der Waals surface area contributed by atoms with Crippen molar-refractivity contribution in [3.63, 3.8) is 0 Å². The van der Waals surface area contributed by atoms with Gasteiger partial charge in [-0.25, -0.2) is 0 Å². The Morgan fingerprint density at radius 2 is 1.04 bits per heavy atom. The fourth-order valence-electron chi connectivity index (χ4n) is 1.69. The largest absolute Gasteiger partial charge is 0.457 e. The first kappa shape index (κ1) is 17.0. The van der Waals surface area contributed by atoms with Crippen molar-refractivity contribution in [2.75, 3.05) is 6.79 Å². The van der Waals surface area contributed by atoms with Gasteiger partial charge in [-0.15, -0.1) is 0 Å². The van der Waals surface area contributed by atoms with Gasteiger partial charge in [-0.2, -0.15) is 26.3 Å². The molecule has 0 bridgehead atoms. The molecule has 0 aliphatic carbocycles. The SMILES string of the molecule is FC(F)(F)c1cccc(OCOc2cccc(C(F)(F)F)c2)c1. The summed E-state index contributed by atoms with van der Waals surface area (Å²) in [6, 6.07) is 8.17. The average molecular weight is 336 g/mol. The summed E-state index contributed by atoms with van der Waals surface area (Å²) in [6.45, 7) is -0.525. The van der Waals surface area contributed by atoms with Crippen molar-refractivity contribution in [2.24, 2.45) is 0 Å². The molecule has 8 heteroatoms. The molecule has 124 valence electrons. The Morgan fingerprint density at radius 3 is 1.39 bits per heavy atom. The van der Waals surface area contributed by atoms with Crippen molar-refractivity contribution in [2.45, 2.75) is 12.4 Å². The molecule has 2 aromatic rings. The molecule has 0 amide bonds. The number of alkyl halides is 6. The van der Waals surface area contributed by atoms with Crippen LogP contribution in [-0.2, 0) is 12.4 Å². The molecule has 0 radical (unpaired) electrons. The maximum atomic E-state index is 12.5. The summed E-state index contributed by atoms with van der Waals surface area (Å²) in [4.78, 5) is 0. The molecule has 2 aromatic carbocycles. The Bertz CT molecular complexity index is 606. The van der Waals surface area contributed by atoms with Crippen molar-refractivity contribution >= 4 is 0 Å². The quantitative estimate of drug-likeness (QED) is 0.569. The third-order valence-corrected chi connectivity index (χ3v) is 2.77. The van der Waals surface area contributed by atoms with Gasteiger partial charge in [0, 0.05) is 0 Å². The third-order valence-electron chi connectivity index (χ3n) is 2.77. The van der Waals surface area contributed by atoms with Gasteiger partial charge in [0.15, 0.2) is 0 Å². The summed E-state index contributed by atoms with van der Waals surface area (Å²) in [7, 11) is 0. The molecule has 0 unspecified atom stereocenters. The highest BCUT2D eigenvalue weighted by Crippen LogP contribution is 2.32. The second-order valence-corrected chi connectivity index (χ2v) is 4.46. The molecule has 0 aliphatic heterocycles. The van der Waals surface area contributed by atoms with Crippen LogP contribution in [0.5, 0.6) is 11.5 Å². The molecule has 0 heterocycles. The number of hydrogen-bond donors (Lipinski definition) is 0. The normalized spacial score (nSPS) is 12.1. The maximum absolute atomic E-state index is 12.5. The van der Waals surface area contributed by atoms with Crippen LogP contribution in [0.25, 0.3) is 0 Å². The maximum Gasteiger partial charge on any atom is 0.416 e. The van der Waals surface area contributed by atoms with Gasteiger partial charge in [-0.05, 0) is 36.4 Å². The predicted octanol–water partition coefficient (Wildman–Crippen LogP) is 5.14. The monoisotopic (exact) mass is 336 g/mol. The van der Waals surface area contributed by atoms with Crippen LogP contribution in [0.1, 0.15) is 11.1 Å². The topological polar surface area (TPSA) is 18.5 Å². The lowest BCUT2D eigenvalue weighted by Gasteiger charge is -2.12. The molecular formula is C15H10F6O2. The molecule has 0 atom stereocenters. The van der Waals surface area contributed by atoms with Gasteiger partial charge >= 0.3 is 12.4 Å². The zero-order valence-electron chi connectivity index (χ0n) is 11.4. The molecule has 0 aromatic heterocycles. The van der Waals surface area contributed by atoms with Crippen LogP contribution in [0.2, 0.25) is 0 Å². The van der Waals surface area contributed by atoms with Gasteiger partial charge in [0.25, 0.3) is 0 Å². The standard InChI is InChI=1S/C15H10F6O2/c16-14(17,18)10-3-1-5-12(7-10)22-9-23-13-6-2-4-11(8-13)15(19,20)21/h1-8H,9H2. The number of rotatable bonds is 4. The molecule has 0 spiro atoms. The third kappa shape index (κ3) is 4.80. The van der Waals surface area contributed by atoms with E-state index < -0.39 is 30.3 Å². The van der Waals surface area contributed by atoms with Gasteiger partial charge in [0.05, 0.1) is 11.1 Å². The van der Waals surface area contributed by atoms with Gasteiger partial charge in [0.1, 0.15) is 11.5 Å². The van der Waals surface area contributed by atoms with Crippen LogP contribution in [0.15, 0.2) is 48.5 Å². The molecule has 0 N–H and O–H groups in total. The number of hydrogen-bond acceptors (Lipinski definition) is 2. The molecule has 23 heavy (non-hydrogen) atoms. The van der Waals surface area contributed by atoms with Crippen LogP contribution < -0.4 is 9.47 Å². The first-order valence-corrected chi connectivity index (χ1v) is 6.26. The Balaban J connectivity index is 1.98. The Labute approximate surface area is 127 Å². The fraction of sp³-hybridized carbons (Fsp3) is 0.200. The molecule has 2 rings (SSSR count). The minimum atomic E-state index is -4.51. The van der Waals surface area contributed by atoms with Crippen LogP contribution in [-0.4, -0.2) is 6.79 Å². The van der Waals surface area contributed by atoms with Gasteiger partial charge in [-0.1, -0.05) is 12.1 Å². The van der Waals surface area contributed by atoms with Crippen LogP contribution >= 0.6 is 0 Å². The van der Waals surface area contributed by atoms with E-state index in [9.17, 15) is 26.3 Å². The van der Waals surface area contributed by atoms with Crippen molar-refractivity contribution < 1.29 is 35.8 Å². The number of benzene rings is 2. The summed E-state index contributed by atoms with van der Waals surface area (Å²) >= 11 is 0. The Hall–Kier alpha value is -2.38. The first-order chi connectivity index (χ1) is 10.7. The lowest BCUT2D eigenvalue weighted by molar-refractivity contribution is -0.138. The summed E-state index contributed by atoms with van der Waals surface area (Å²) < 4.78 is 85.0. The lowest BCUT2D eigenvalue weighted by atomic mass is 10.2. The van der Waals surface area contributed by atoms with E-state index in [1.807, 2.05) is 0 Å². The minimum Gasteiger partial charge on any atom is -0.457 e. The predicted molar refractivity (Wildman–Crippen MR) is 69.0 cm³/mol. The van der Waals surface area contributed by atoms with Gasteiger partial charge in [0.2, 0.25) is 6.79 Å². The molecule has 2 nitrogen and oxygen atoms in total. The summed E-state index contributed by atoms with van der Waals surface area (Å²) in [6.07, 6.45) is -9.03. The Morgan fingerprint density at radius 1 is 0.652 bits per heavy atom. The Kier molecular flexibility index (Phi) is 4.72. The number of halogens is 6. The van der Waals surface area contributed by atoms with Crippen LogP contribution in [0.3, 0.4) is 0 Å². The molecular weight excluding hydrogens is 326 g/mol. The summed E-state index contributed by atoms with van der Waals surface area (Å²) in [5.74, 6) is -0.210. The first-order valence-electron chi connectivity index (χ1n) is 6.26. The van der Waals surface area contributed by atoms with Crippen molar-refractivity contribution in [3.05, 3.63) is 59.7 Å². The second kappa shape index (κ2) is 6.39. The van der Waals surface area contributed by atoms with E-state index in [0.717, 1.165) is 36.4 Å². The molecule has 0 saturated heterocycles. The van der Waals surface area contributed by atoms with E-state index >= 15 is 0 Å². The fourth-order valence-corrected chi connectivity index (χ4v) is 1.69. The van der Waals surface area contributed by atoms with E-state index in [0.29, 0.717) is 0 Å². The highest BCUT2D eigenvalue weighted by molar-refractivity contribution is 5.31. The van der Waals surface area contributed by atoms with E-state index in [1.165, 1.54) is 12.1 Å². The molecule has 0 aliphatic rings. The lowest BCUT2D eigenvalue weighted by Crippen LogP contribution is -2.09. The summed E-state index contributed by atoms with van der Waals surface area (Å²) in [5.41, 5.74) is -1.79. The zero-order chi connectivity index (χ0) is 17.1. The highest BCUT2D eigenvalue weighted by Gasteiger charge is 2.31. The van der Waals surface area contributed by atoms with Crippen LogP contribution in [0.4, 0.5) is 26.3 Å². The second-order valence-electron chi connectivity index (χ2n) is 4.46.